The molecule has 0 saturated carbocycles. The highest BCUT2D eigenvalue weighted by atomic mass is 19.3. The summed E-state index contributed by atoms with van der Waals surface area (Å²) < 4.78 is 29.7. The van der Waals surface area contributed by atoms with E-state index in [0.29, 0.717) is 5.69 Å². The van der Waals surface area contributed by atoms with Crippen LogP contribution in [0.1, 0.15) is 23.4 Å². The van der Waals surface area contributed by atoms with Gasteiger partial charge >= 0.3 is 0 Å². The lowest BCUT2D eigenvalue weighted by atomic mass is 10.2. The molecule has 0 radical (unpaired) electrons. The van der Waals surface area contributed by atoms with Gasteiger partial charge in [-0.3, -0.25) is 0 Å². The molecule has 0 saturated heterocycles. The SMILES string of the molecule is COc1c(C(F)F)cc(C)nc1C#N. The highest BCUT2D eigenvalue weighted by Crippen LogP contribution is 2.31. The second-order valence-electron chi connectivity index (χ2n) is 2.65. The van der Waals surface area contributed by atoms with Crippen LogP contribution in [0.25, 0.3) is 0 Å². The van der Waals surface area contributed by atoms with Gasteiger partial charge in [0.2, 0.25) is 0 Å². The molecule has 1 aromatic rings. The highest BCUT2D eigenvalue weighted by molar-refractivity contribution is 5.45. The van der Waals surface area contributed by atoms with Gasteiger partial charge in [0, 0.05) is 5.69 Å². The summed E-state index contributed by atoms with van der Waals surface area (Å²) in [6.45, 7) is 1.55. The van der Waals surface area contributed by atoms with Gasteiger partial charge in [-0.05, 0) is 13.0 Å². The van der Waals surface area contributed by atoms with Crippen molar-refractivity contribution in [2.75, 3.05) is 7.11 Å². The van der Waals surface area contributed by atoms with Crippen molar-refractivity contribution in [3.8, 4) is 11.8 Å². The van der Waals surface area contributed by atoms with Crippen molar-refractivity contribution in [2.45, 2.75) is 13.3 Å². The molecule has 0 aliphatic rings. The molecule has 3 nitrogen and oxygen atoms in total. The minimum absolute atomic E-state index is 0.109. The summed E-state index contributed by atoms with van der Waals surface area (Å²) in [7, 11) is 1.24. The number of ether oxygens (including phenoxy) is 1. The Morgan fingerprint density at radius 3 is 2.64 bits per heavy atom. The first-order chi connectivity index (χ1) is 6.60. The van der Waals surface area contributed by atoms with Crippen molar-refractivity contribution in [2.24, 2.45) is 0 Å². The first kappa shape index (κ1) is 10.4. The molecule has 0 unspecified atom stereocenters. The summed E-state index contributed by atoms with van der Waals surface area (Å²) in [4.78, 5) is 3.79. The average Bonchev–Trinajstić information content (AvgIpc) is 2.16. The van der Waals surface area contributed by atoms with Crippen LogP contribution in [0.4, 0.5) is 8.78 Å². The van der Waals surface area contributed by atoms with Crippen LogP contribution in [-0.4, -0.2) is 12.1 Å². The summed E-state index contributed by atoms with van der Waals surface area (Å²) in [5, 5.41) is 8.64. The highest BCUT2D eigenvalue weighted by Gasteiger charge is 2.18. The van der Waals surface area contributed by atoms with Crippen LogP contribution in [0.5, 0.6) is 5.75 Å². The van der Waals surface area contributed by atoms with Gasteiger partial charge in [-0.2, -0.15) is 5.26 Å². The van der Waals surface area contributed by atoms with Crippen molar-refractivity contribution in [3.05, 3.63) is 23.0 Å². The molecule has 0 amide bonds. The largest absolute Gasteiger partial charge is 0.493 e. The van der Waals surface area contributed by atoms with Crippen LogP contribution in [0.15, 0.2) is 6.07 Å². The fraction of sp³-hybridized carbons (Fsp3) is 0.333. The Kier molecular flexibility index (Phi) is 2.97. The van der Waals surface area contributed by atoms with E-state index in [1.54, 1.807) is 13.0 Å². The Bertz CT molecular complexity index is 385. The van der Waals surface area contributed by atoms with Gasteiger partial charge in [0.25, 0.3) is 6.43 Å². The third kappa shape index (κ3) is 1.79. The summed E-state index contributed by atoms with van der Waals surface area (Å²) in [6.07, 6.45) is -2.67. The van der Waals surface area contributed by atoms with Crippen molar-refractivity contribution < 1.29 is 13.5 Å². The first-order valence-electron chi connectivity index (χ1n) is 3.84. The van der Waals surface area contributed by atoms with E-state index in [9.17, 15) is 8.78 Å². The third-order valence-corrected chi connectivity index (χ3v) is 1.67. The smallest absolute Gasteiger partial charge is 0.267 e. The van der Waals surface area contributed by atoms with Crippen molar-refractivity contribution in [3.63, 3.8) is 0 Å². The molecule has 0 aliphatic carbocycles. The molecule has 0 N–H and O–H groups in total. The normalized spacial score (nSPS) is 10.0. The summed E-state index contributed by atoms with van der Waals surface area (Å²) in [5.74, 6) is -0.145. The summed E-state index contributed by atoms with van der Waals surface area (Å²) >= 11 is 0. The Hall–Kier alpha value is -1.70. The van der Waals surface area contributed by atoms with E-state index < -0.39 is 6.43 Å². The second kappa shape index (κ2) is 4.01. The molecule has 14 heavy (non-hydrogen) atoms. The van der Waals surface area contributed by atoms with Crippen molar-refractivity contribution >= 4 is 0 Å². The van der Waals surface area contributed by atoms with Crippen molar-refractivity contribution in [1.29, 1.82) is 5.26 Å². The minimum atomic E-state index is -2.67. The lowest BCUT2D eigenvalue weighted by Gasteiger charge is -2.09. The van der Waals surface area contributed by atoms with Crippen LogP contribution in [0.3, 0.4) is 0 Å². The van der Waals surface area contributed by atoms with E-state index in [1.165, 1.54) is 13.2 Å². The van der Waals surface area contributed by atoms with Gasteiger partial charge in [-0.15, -0.1) is 0 Å². The number of pyridine rings is 1. The van der Waals surface area contributed by atoms with Gasteiger partial charge < -0.3 is 4.74 Å². The van der Waals surface area contributed by atoms with Crippen LogP contribution in [-0.2, 0) is 0 Å². The lowest BCUT2D eigenvalue weighted by Crippen LogP contribution is -2.00. The minimum Gasteiger partial charge on any atom is -0.493 e. The number of aryl methyl sites for hydroxylation is 1. The molecule has 1 aromatic heterocycles. The first-order valence-corrected chi connectivity index (χ1v) is 3.84. The maximum Gasteiger partial charge on any atom is 0.267 e. The zero-order valence-electron chi connectivity index (χ0n) is 7.71. The number of nitriles is 1. The number of hydrogen-bond donors (Lipinski definition) is 0. The predicted octanol–water partition coefficient (Wildman–Crippen LogP) is 2.21. The molecule has 0 aromatic carbocycles. The van der Waals surface area contributed by atoms with Crippen LogP contribution < -0.4 is 4.74 Å². The van der Waals surface area contributed by atoms with E-state index in [1.807, 2.05) is 0 Å². The average molecular weight is 198 g/mol. The molecule has 0 spiro atoms. The topological polar surface area (TPSA) is 45.9 Å². The van der Waals surface area contributed by atoms with Crippen LogP contribution in [0, 0.1) is 18.3 Å². The van der Waals surface area contributed by atoms with Crippen molar-refractivity contribution in [1.82, 2.24) is 4.98 Å². The number of halogens is 2. The van der Waals surface area contributed by atoms with Crippen LogP contribution >= 0.6 is 0 Å². The molecule has 74 valence electrons. The summed E-state index contributed by atoms with van der Waals surface area (Å²) in [5.41, 5.74) is -0.0306. The number of hydrogen-bond acceptors (Lipinski definition) is 3. The molecule has 0 aliphatic heterocycles. The van der Waals surface area contributed by atoms with Gasteiger partial charge in [0.1, 0.15) is 6.07 Å². The van der Waals surface area contributed by atoms with Gasteiger partial charge in [-0.25, -0.2) is 13.8 Å². The van der Waals surface area contributed by atoms with E-state index in [2.05, 4.69) is 4.98 Å². The van der Waals surface area contributed by atoms with Gasteiger partial charge in [0.05, 0.1) is 12.7 Å². The predicted molar refractivity (Wildman–Crippen MR) is 45.2 cm³/mol. The number of rotatable bonds is 2. The maximum absolute atomic E-state index is 12.5. The molecule has 0 atom stereocenters. The lowest BCUT2D eigenvalue weighted by molar-refractivity contribution is 0.146. The zero-order valence-corrected chi connectivity index (χ0v) is 7.71. The fourth-order valence-corrected chi connectivity index (χ4v) is 1.14. The van der Waals surface area contributed by atoms with E-state index >= 15 is 0 Å². The Morgan fingerprint density at radius 2 is 2.21 bits per heavy atom. The molecule has 0 bridgehead atoms. The molecule has 0 fully saturated rings. The zero-order chi connectivity index (χ0) is 10.7. The third-order valence-electron chi connectivity index (χ3n) is 1.67. The number of methoxy groups -OCH3 is 1. The Morgan fingerprint density at radius 1 is 1.57 bits per heavy atom. The molecule has 5 heteroatoms. The maximum atomic E-state index is 12.5. The monoisotopic (exact) mass is 198 g/mol. The van der Waals surface area contributed by atoms with Crippen LogP contribution in [0.2, 0.25) is 0 Å². The number of aromatic nitrogens is 1. The number of alkyl halides is 2. The van der Waals surface area contributed by atoms with E-state index in [0.717, 1.165) is 0 Å². The molecule has 1 rings (SSSR count). The van der Waals surface area contributed by atoms with Gasteiger partial charge in [-0.1, -0.05) is 0 Å². The molecular formula is C9H8F2N2O. The Labute approximate surface area is 79.9 Å². The second-order valence-corrected chi connectivity index (χ2v) is 2.65. The van der Waals surface area contributed by atoms with Gasteiger partial charge in [0.15, 0.2) is 11.4 Å². The quantitative estimate of drug-likeness (QED) is 0.731. The van der Waals surface area contributed by atoms with E-state index in [-0.39, 0.29) is 17.0 Å². The molecule has 1 heterocycles. The Balaban J connectivity index is 3.41. The number of nitrogens with zero attached hydrogens (tertiary/aromatic N) is 2. The van der Waals surface area contributed by atoms with E-state index in [4.69, 9.17) is 10.00 Å². The fourth-order valence-electron chi connectivity index (χ4n) is 1.14. The molecular weight excluding hydrogens is 190 g/mol. The summed E-state index contributed by atoms with van der Waals surface area (Å²) in [6, 6.07) is 2.93. The standard InChI is InChI=1S/C9H8F2N2O/c1-5-3-6(9(10)11)8(14-2)7(4-12)13-5/h3,9H,1-2H3.